The highest BCUT2D eigenvalue weighted by Crippen LogP contribution is 2.25. The van der Waals surface area contributed by atoms with Crippen LogP contribution < -0.4 is 10.5 Å². The van der Waals surface area contributed by atoms with Crippen LogP contribution >= 0.6 is 11.8 Å². The van der Waals surface area contributed by atoms with Crippen molar-refractivity contribution in [1.29, 1.82) is 0 Å². The minimum absolute atomic E-state index is 0.0715. The number of nitrogens with two attached hydrogens (primary N) is 1. The molecule has 7 heteroatoms. The summed E-state index contributed by atoms with van der Waals surface area (Å²) in [5.41, 5.74) is 6.15. The van der Waals surface area contributed by atoms with E-state index in [0.717, 1.165) is 17.7 Å². The van der Waals surface area contributed by atoms with Gasteiger partial charge in [0.1, 0.15) is 0 Å². The molecule has 1 fully saturated rings. The van der Waals surface area contributed by atoms with Crippen molar-refractivity contribution in [2.24, 2.45) is 0 Å². The van der Waals surface area contributed by atoms with Crippen LogP contribution in [-0.4, -0.2) is 38.7 Å². The number of anilines is 1. The van der Waals surface area contributed by atoms with E-state index in [4.69, 9.17) is 10.5 Å². The van der Waals surface area contributed by atoms with Gasteiger partial charge in [-0.3, -0.25) is 0 Å². The molecule has 1 atom stereocenters. The highest BCUT2D eigenvalue weighted by molar-refractivity contribution is 8.00. The summed E-state index contributed by atoms with van der Waals surface area (Å²) in [4.78, 5) is 0.916. The summed E-state index contributed by atoms with van der Waals surface area (Å²) in [6.07, 6.45) is 1.88. The molecule has 0 aromatic heterocycles. The molecule has 1 unspecified atom stereocenters. The second kappa shape index (κ2) is 7.00. The fourth-order valence-electron chi connectivity index (χ4n) is 2.18. The van der Waals surface area contributed by atoms with E-state index in [2.05, 4.69) is 4.72 Å². The number of hydrogen-bond acceptors (Lipinski definition) is 5. The summed E-state index contributed by atoms with van der Waals surface area (Å²) in [7, 11) is -3.28. The average Bonchev–Trinajstić information content (AvgIpc) is 2.87. The smallest absolute Gasteiger partial charge is 0.212 e. The predicted molar refractivity (Wildman–Crippen MR) is 87.0 cm³/mol. The molecule has 1 aromatic rings. The third-order valence-electron chi connectivity index (χ3n) is 3.50. The number of nitrogens with one attached hydrogen (secondary N) is 1. The van der Waals surface area contributed by atoms with Gasteiger partial charge in [0.2, 0.25) is 10.0 Å². The standard InChI is InChI=1S/C14H22N2O3S2/c1-14(7-4-8-19-14)11-16-21(17,18)10-9-20-13-6-3-2-5-12(13)15/h2-3,5-6,16H,4,7-11,15H2,1H3. The van der Waals surface area contributed by atoms with Crippen LogP contribution in [0.2, 0.25) is 0 Å². The Bertz CT molecular complexity index is 569. The Balaban J connectivity index is 1.77. The lowest BCUT2D eigenvalue weighted by molar-refractivity contribution is 0.0250. The van der Waals surface area contributed by atoms with Gasteiger partial charge in [-0.05, 0) is 31.9 Å². The predicted octanol–water partition coefficient (Wildman–Crippen LogP) is 1.85. The first-order chi connectivity index (χ1) is 9.90. The van der Waals surface area contributed by atoms with E-state index >= 15 is 0 Å². The molecule has 0 spiro atoms. The van der Waals surface area contributed by atoms with Gasteiger partial charge in [0.15, 0.2) is 0 Å². The summed E-state index contributed by atoms with van der Waals surface area (Å²) in [5.74, 6) is 0.545. The van der Waals surface area contributed by atoms with Gasteiger partial charge in [-0.15, -0.1) is 11.8 Å². The fourth-order valence-corrected chi connectivity index (χ4v) is 4.69. The molecule has 0 amide bonds. The zero-order valence-corrected chi connectivity index (χ0v) is 13.8. The van der Waals surface area contributed by atoms with Crippen molar-refractivity contribution < 1.29 is 13.2 Å². The zero-order chi connectivity index (χ0) is 15.3. The highest BCUT2D eigenvalue weighted by atomic mass is 32.2. The van der Waals surface area contributed by atoms with Crippen molar-refractivity contribution in [3.63, 3.8) is 0 Å². The molecule has 5 nitrogen and oxygen atoms in total. The summed E-state index contributed by atoms with van der Waals surface area (Å²) in [6, 6.07) is 7.46. The number of benzene rings is 1. The van der Waals surface area contributed by atoms with Gasteiger partial charge in [-0.1, -0.05) is 12.1 Å². The third kappa shape index (κ3) is 5.18. The molecule has 1 saturated heterocycles. The van der Waals surface area contributed by atoms with Crippen molar-refractivity contribution >= 4 is 27.5 Å². The van der Waals surface area contributed by atoms with Crippen LogP contribution in [0.4, 0.5) is 5.69 Å². The minimum Gasteiger partial charge on any atom is -0.398 e. The molecule has 3 N–H and O–H groups in total. The number of para-hydroxylation sites is 1. The van der Waals surface area contributed by atoms with Crippen LogP contribution in [0.5, 0.6) is 0 Å². The molecule has 0 aliphatic carbocycles. The average molecular weight is 330 g/mol. The van der Waals surface area contributed by atoms with E-state index in [9.17, 15) is 8.42 Å². The lowest BCUT2D eigenvalue weighted by Crippen LogP contribution is -2.41. The molecule has 0 radical (unpaired) electrons. The molecule has 0 bridgehead atoms. The number of rotatable bonds is 7. The van der Waals surface area contributed by atoms with Crippen LogP contribution in [0.1, 0.15) is 19.8 Å². The maximum Gasteiger partial charge on any atom is 0.212 e. The van der Waals surface area contributed by atoms with Gasteiger partial charge < -0.3 is 10.5 Å². The quantitative estimate of drug-likeness (QED) is 0.589. The SMILES string of the molecule is CC1(CNS(=O)(=O)CCSc2ccccc2N)CCCO1. The molecule has 2 rings (SSSR count). The summed E-state index contributed by atoms with van der Waals surface area (Å²) < 4.78 is 32.2. The Morgan fingerprint density at radius 1 is 1.43 bits per heavy atom. The van der Waals surface area contributed by atoms with Crippen molar-refractivity contribution in [3.05, 3.63) is 24.3 Å². The van der Waals surface area contributed by atoms with Crippen molar-refractivity contribution in [2.75, 3.05) is 30.4 Å². The Hall–Kier alpha value is -0.760. The molecule has 1 aliphatic rings. The molecule has 1 aromatic carbocycles. The molecule has 1 aliphatic heterocycles. The first-order valence-corrected chi connectivity index (χ1v) is 9.63. The number of ether oxygens (including phenoxy) is 1. The van der Waals surface area contributed by atoms with Crippen LogP contribution in [0.15, 0.2) is 29.2 Å². The molecule has 118 valence electrons. The van der Waals surface area contributed by atoms with Crippen molar-refractivity contribution in [1.82, 2.24) is 4.72 Å². The Morgan fingerprint density at radius 2 is 2.19 bits per heavy atom. The first kappa shape index (κ1) is 16.6. The first-order valence-electron chi connectivity index (χ1n) is 6.99. The van der Waals surface area contributed by atoms with Gasteiger partial charge >= 0.3 is 0 Å². The van der Waals surface area contributed by atoms with Crippen LogP contribution in [0.3, 0.4) is 0 Å². The summed E-state index contributed by atoms with van der Waals surface area (Å²) >= 11 is 1.46. The summed E-state index contributed by atoms with van der Waals surface area (Å²) in [6.45, 7) is 3.00. The second-order valence-electron chi connectivity index (χ2n) is 5.43. The molecule has 21 heavy (non-hydrogen) atoms. The van der Waals surface area contributed by atoms with Gasteiger partial charge in [0, 0.05) is 29.5 Å². The lowest BCUT2D eigenvalue weighted by atomic mass is 10.0. The topological polar surface area (TPSA) is 81.4 Å². The van der Waals surface area contributed by atoms with Gasteiger partial charge in [-0.2, -0.15) is 0 Å². The molecular formula is C14H22N2O3S2. The highest BCUT2D eigenvalue weighted by Gasteiger charge is 2.30. The number of thioether (sulfide) groups is 1. The van der Waals surface area contributed by atoms with Crippen molar-refractivity contribution in [2.45, 2.75) is 30.3 Å². The number of hydrogen-bond donors (Lipinski definition) is 2. The fraction of sp³-hybridized carbons (Fsp3) is 0.571. The van der Waals surface area contributed by atoms with Gasteiger partial charge in [0.25, 0.3) is 0 Å². The van der Waals surface area contributed by atoms with E-state index in [1.807, 2.05) is 31.2 Å². The van der Waals surface area contributed by atoms with E-state index in [0.29, 0.717) is 24.6 Å². The van der Waals surface area contributed by atoms with Crippen LogP contribution in [0, 0.1) is 0 Å². The zero-order valence-electron chi connectivity index (χ0n) is 12.2. The maximum atomic E-state index is 12.0. The van der Waals surface area contributed by atoms with Crippen LogP contribution in [-0.2, 0) is 14.8 Å². The largest absolute Gasteiger partial charge is 0.398 e. The molecular weight excluding hydrogens is 308 g/mol. The molecule has 1 heterocycles. The Labute approximate surface area is 130 Å². The van der Waals surface area contributed by atoms with E-state index in [1.165, 1.54) is 11.8 Å². The minimum atomic E-state index is -3.28. The maximum absolute atomic E-state index is 12.0. The Kier molecular flexibility index (Phi) is 5.54. The van der Waals surface area contributed by atoms with E-state index in [-0.39, 0.29) is 11.4 Å². The monoisotopic (exact) mass is 330 g/mol. The van der Waals surface area contributed by atoms with Crippen molar-refractivity contribution in [3.8, 4) is 0 Å². The lowest BCUT2D eigenvalue weighted by Gasteiger charge is -2.23. The van der Waals surface area contributed by atoms with Gasteiger partial charge in [0.05, 0.1) is 11.4 Å². The van der Waals surface area contributed by atoms with E-state index < -0.39 is 10.0 Å². The van der Waals surface area contributed by atoms with Gasteiger partial charge in [-0.25, -0.2) is 13.1 Å². The Morgan fingerprint density at radius 3 is 2.86 bits per heavy atom. The number of nitrogen functional groups attached to an aromatic ring is 1. The third-order valence-corrected chi connectivity index (χ3v) is 6.17. The number of sulfonamides is 1. The summed E-state index contributed by atoms with van der Waals surface area (Å²) in [5, 5.41) is 0. The van der Waals surface area contributed by atoms with E-state index in [1.54, 1.807) is 0 Å². The molecule has 0 saturated carbocycles. The van der Waals surface area contributed by atoms with Crippen LogP contribution in [0.25, 0.3) is 0 Å². The second-order valence-corrected chi connectivity index (χ2v) is 8.49. The normalized spacial score (nSPS) is 22.5.